The van der Waals surface area contributed by atoms with Crippen LogP contribution in [0.25, 0.3) is 0 Å². The lowest BCUT2D eigenvalue weighted by Crippen LogP contribution is -2.44. The van der Waals surface area contributed by atoms with E-state index >= 15 is 0 Å². The summed E-state index contributed by atoms with van der Waals surface area (Å²) in [6.45, 7) is 2.94. The number of piperidine rings is 1. The molecule has 4 heterocycles. The summed E-state index contributed by atoms with van der Waals surface area (Å²) in [5.74, 6) is -1.76. The van der Waals surface area contributed by atoms with Crippen LogP contribution in [-0.4, -0.2) is 72.3 Å². The van der Waals surface area contributed by atoms with E-state index in [0.29, 0.717) is 25.3 Å². The zero-order valence-corrected chi connectivity index (χ0v) is 17.8. The first-order valence-electron chi connectivity index (χ1n) is 11.1. The average Bonchev–Trinajstić information content (AvgIpc) is 3.18. The van der Waals surface area contributed by atoms with Crippen LogP contribution in [0.5, 0.6) is 0 Å². The molecule has 1 N–H and O–H groups in total. The van der Waals surface area contributed by atoms with Gasteiger partial charge in [-0.3, -0.25) is 9.80 Å². The Morgan fingerprint density at radius 1 is 1.00 bits per heavy atom. The molecule has 2 fully saturated rings. The monoisotopic (exact) mass is 443 g/mol. The summed E-state index contributed by atoms with van der Waals surface area (Å²) in [6, 6.07) is 11.7. The van der Waals surface area contributed by atoms with Crippen LogP contribution in [0, 0.1) is 0 Å². The van der Waals surface area contributed by atoms with Crippen molar-refractivity contribution in [1.29, 1.82) is 0 Å². The fourth-order valence-electron chi connectivity index (χ4n) is 5.09. The number of hydrogen-bond acceptors (Lipinski definition) is 5. The summed E-state index contributed by atoms with van der Waals surface area (Å²) in [6.07, 6.45) is 2.63. The number of amides is 1. The lowest BCUT2D eigenvalue weighted by Gasteiger charge is -2.38. The highest BCUT2D eigenvalue weighted by atomic mass is 19.3. The number of nitrogens with zero attached hydrogens (tertiary/aromatic N) is 5. The van der Waals surface area contributed by atoms with E-state index in [-0.39, 0.29) is 19.0 Å². The van der Waals surface area contributed by atoms with Crippen molar-refractivity contribution >= 4 is 29.0 Å². The normalized spacial score (nSPS) is 21.6. The number of halogens is 2. The summed E-state index contributed by atoms with van der Waals surface area (Å²) >= 11 is 0. The van der Waals surface area contributed by atoms with Crippen LogP contribution >= 0.6 is 0 Å². The van der Waals surface area contributed by atoms with Gasteiger partial charge in [0.15, 0.2) is 0 Å². The van der Waals surface area contributed by atoms with Crippen LogP contribution in [0.2, 0.25) is 0 Å². The van der Waals surface area contributed by atoms with Gasteiger partial charge in [-0.1, -0.05) is 12.1 Å². The van der Waals surface area contributed by atoms with E-state index in [4.69, 9.17) is 0 Å². The number of hydrogen-bond donors (Lipinski definition) is 1. The van der Waals surface area contributed by atoms with Crippen LogP contribution in [0.1, 0.15) is 19.3 Å². The lowest BCUT2D eigenvalue weighted by molar-refractivity contribution is 0.00629. The van der Waals surface area contributed by atoms with E-state index in [0.717, 1.165) is 43.1 Å². The van der Waals surface area contributed by atoms with Crippen molar-refractivity contribution in [3.05, 3.63) is 42.6 Å². The van der Waals surface area contributed by atoms with Crippen molar-refractivity contribution in [3.8, 4) is 0 Å². The van der Waals surface area contributed by atoms with E-state index in [1.54, 1.807) is 0 Å². The Balaban J connectivity index is 1.25. The largest absolute Gasteiger partial charge is 0.465 e. The number of anilines is 4. The fourth-order valence-corrected chi connectivity index (χ4v) is 5.09. The second kappa shape index (κ2) is 8.20. The highest BCUT2D eigenvalue weighted by Crippen LogP contribution is 2.37. The van der Waals surface area contributed by atoms with Gasteiger partial charge in [-0.2, -0.15) is 0 Å². The highest BCUT2D eigenvalue weighted by molar-refractivity contribution is 5.93. The fraction of sp³-hybridized carbons (Fsp3) is 0.478. The molecule has 0 unspecified atom stereocenters. The van der Waals surface area contributed by atoms with Crippen molar-refractivity contribution in [2.24, 2.45) is 0 Å². The van der Waals surface area contributed by atoms with Gasteiger partial charge in [0.1, 0.15) is 5.82 Å². The van der Waals surface area contributed by atoms with E-state index in [1.165, 1.54) is 4.90 Å². The number of pyridine rings is 1. The Kier molecular flexibility index (Phi) is 5.36. The Labute approximate surface area is 185 Å². The highest BCUT2D eigenvalue weighted by Gasteiger charge is 2.41. The lowest BCUT2D eigenvalue weighted by atomic mass is 10.0. The van der Waals surface area contributed by atoms with Gasteiger partial charge in [0, 0.05) is 45.2 Å². The minimum atomic E-state index is -2.54. The SMILES string of the molecule is O=C(O)N1CCN(c2ccc(N3CCC(N4CCC(F)(F)C4)CC3)cn2)c2ccccc21. The summed E-state index contributed by atoms with van der Waals surface area (Å²) in [5.41, 5.74) is 2.51. The molecule has 7 nitrogen and oxygen atoms in total. The number of benzene rings is 1. The van der Waals surface area contributed by atoms with Gasteiger partial charge >= 0.3 is 6.09 Å². The molecule has 0 radical (unpaired) electrons. The minimum absolute atomic E-state index is 0.0253. The van der Waals surface area contributed by atoms with Gasteiger partial charge in [0.2, 0.25) is 0 Å². The third kappa shape index (κ3) is 3.97. The van der Waals surface area contributed by atoms with Gasteiger partial charge in [-0.05, 0) is 37.1 Å². The second-order valence-corrected chi connectivity index (χ2v) is 8.74. The Morgan fingerprint density at radius 3 is 2.38 bits per heavy atom. The summed E-state index contributed by atoms with van der Waals surface area (Å²) in [5, 5.41) is 9.48. The molecule has 9 heteroatoms. The van der Waals surface area contributed by atoms with Crippen LogP contribution in [0.4, 0.5) is 36.5 Å². The maximum Gasteiger partial charge on any atom is 0.411 e. The maximum absolute atomic E-state index is 13.5. The van der Waals surface area contributed by atoms with Crippen molar-refractivity contribution < 1.29 is 18.7 Å². The number of carboxylic acid groups (broad SMARTS) is 1. The second-order valence-electron chi connectivity index (χ2n) is 8.74. The van der Waals surface area contributed by atoms with E-state index in [9.17, 15) is 18.7 Å². The standard InChI is InChI=1S/C23H27F2N5O2/c24-23(25)9-12-28(16-23)17-7-10-27(11-8-17)18-5-6-21(26-15-18)29-13-14-30(22(31)32)20-4-2-1-3-19(20)29/h1-6,15,17H,7-14,16H2,(H,31,32). The molecule has 3 aliphatic rings. The molecule has 0 spiro atoms. The zero-order chi connectivity index (χ0) is 22.3. The van der Waals surface area contributed by atoms with Crippen LogP contribution < -0.4 is 14.7 Å². The van der Waals surface area contributed by atoms with Crippen molar-refractivity contribution in [2.45, 2.75) is 31.2 Å². The van der Waals surface area contributed by atoms with E-state index < -0.39 is 12.0 Å². The number of aromatic nitrogens is 1. The van der Waals surface area contributed by atoms with Crippen LogP contribution in [0.3, 0.4) is 0 Å². The average molecular weight is 443 g/mol. The molecule has 170 valence electrons. The molecule has 0 aliphatic carbocycles. The molecule has 1 aromatic carbocycles. The molecular weight excluding hydrogens is 416 g/mol. The molecule has 1 aromatic heterocycles. The molecule has 3 aliphatic heterocycles. The topological polar surface area (TPSA) is 63.2 Å². The number of para-hydroxylation sites is 2. The van der Waals surface area contributed by atoms with Gasteiger partial charge < -0.3 is 14.9 Å². The zero-order valence-electron chi connectivity index (χ0n) is 17.8. The number of carbonyl (C=O) groups is 1. The van der Waals surface area contributed by atoms with Crippen molar-refractivity contribution in [3.63, 3.8) is 0 Å². The van der Waals surface area contributed by atoms with Crippen LogP contribution in [0.15, 0.2) is 42.6 Å². The number of fused-ring (bicyclic) bond motifs is 1. The Morgan fingerprint density at radius 2 is 1.75 bits per heavy atom. The van der Waals surface area contributed by atoms with Gasteiger partial charge in [-0.25, -0.2) is 18.6 Å². The third-order valence-electron chi connectivity index (χ3n) is 6.80. The summed E-state index contributed by atoms with van der Waals surface area (Å²) in [7, 11) is 0. The summed E-state index contributed by atoms with van der Waals surface area (Å²) in [4.78, 5) is 23.9. The molecule has 32 heavy (non-hydrogen) atoms. The first-order valence-corrected chi connectivity index (χ1v) is 11.1. The molecule has 0 bridgehead atoms. The first kappa shape index (κ1) is 20.9. The predicted octanol–water partition coefficient (Wildman–Crippen LogP) is 4.03. The van der Waals surface area contributed by atoms with Gasteiger partial charge in [0.05, 0.1) is 29.8 Å². The van der Waals surface area contributed by atoms with E-state index in [1.807, 2.05) is 52.4 Å². The summed E-state index contributed by atoms with van der Waals surface area (Å²) < 4.78 is 27.1. The third-order valence-corrected chi connectivity index (χ3v) is 6.80. The quantitative estimate of drug-likeness (QED) is 0.773. The van der Waals surface area contributed by atoms with Crippen LogP contribution in [-0.2, 0) is 0 Å². The minimum Gasteiger partial charge on any atom is -0.465 e. The number of alkyl halides is 2. The number of rotatable bonds is 3. The van der Waals surface area contributed by atoms with Crippen molar-refractivity contribution in [1.82, 2.24) is 9.88 Å². The van der Waals surface area contributed by atoms with Crippen molar-refractivity contribution in [2.75, 3.05) is 54.0 Å². The molecule has 2 aromatic rings. The van der Waals surface area contributed by atoms with Gasteiger partial charge in [0.25, 0.3) is 5.92 Å². The number of likely N-dealkylation sites (tertiary alicyclic amines) is 1. The molecule has 1 amide bonds. The Hall–Kier alpha value is -2.94. The molecular formula is C23H27F2N5O2. The van der Waals surface area contributed by atoms with E-state index in [2.05, 4.69) is 9.88 Å². The molecule has 0 saturated carbocycles. The smallest absolute Gasteiger partial charge is 0.411 e. The predicted molar refractivity (Wildman–Crippen MR) is 119 cm³/mol. The first-order chi connectivity index (χ1) is 15.4. The molecule has 5 rings (SSSR count). The van der Waals surface area contributed by atoms with Gasteiger partial charge in [-0.15, -0.1) is 0 Å². The maximum atomic E-state index is 13.5. The Bertz CT molecular complexity index is 979. The molecule has 0 atom stereocenters. The molecule has 2 saturated heterocycles.